The van der Waals surface area contributed by atoms with E-state index < -0.39 is 11.7 Å². The molecule has 27 heavy (non-hydrogen) atoms. The van der Waals surface area contributed by atoms with Crippen molar-refractivity contribution in [3.8, 4) is 0 Å². The van der Waals surface area contributed by atoms with Gasteiger partial charge in [-0.3, -0.25) is 9.69 Å². The fourth-order valence-electron chi connectivity index (χ4n) is 3.21. The van der Waals surface area contributed by atoms with Crippen LogP contribution in [0.5, 0.6) is 0 Å². The van der Waals surface area contributed by atoms with Crippen molar-refractivity contribution in [2.75, 3.05) is 12.3 Å². The van der Waals surface area contributed by atoms with Crippen molar-refractivity contribution >= 4 is 34.6 Å². The van der Waals surface area contributed by atoms with Crippen molar-refractivity contribution in [1.29, 1.82) is 0 Å². The van der Waals surface area contributed by atoms with Gasteiger partial charge in [0.2, 0.25) is 0 Å². The molecule has 1 amide bonds. The average molecular weight is 388 g/mol. The fraction of sp³-hybridized carbons (Fsp3) is 0.429. The highest BCUT2D eigenvalue weighted by Gasteiger charge is 2.40. The number of carbonyl (C=O) groups is 2. The monoisotopic (exact) mass is 387 g/mol. The average Bonchev–Trinajstić information content (AvgIpc) is 3.07. The maximum Gasteiger partial charge on any atom is 0.411 e. The molecule has 0 aromatic heterocycles. The molecule has 1 aliphatic rings. The minimum atomic E-state index is -0.578. The first-order valence-electron chi connectivity index (χ1n) is 9.02. The Morgan fingerprint density at radius 2 is 1.85 bits per heavy atom. The van der Waals surface area contributed by atoms with Crippen LogP contribution in [0, 0.1) is 0 Å². The lowest BCUT2D eigenvalue weighted by Gasteiger charge is -2.32. The van der Waals surface area contributed by atoms with Crippen molar-refractivity contribution in [1.82, 2.24) is 4.90 Å². The van der Waals surface area contributed by atoms with Gasteiger partial charge in [-0.15, -0.1) is 11.8 Å². The molecule has 5 nitrogen and oxygen atoms in total. The Hall–Kier alpha value is -2.21. The number of esters is 1. The normalized spacial score (nSPS) is 18.4. The van der Waals surface area contributed by atoms with Crippen LogP contribution in [0.2, 0.25) is 0 Å². The molecule has 3 rings (SSSR count). The van der Waals surface area contributed by atoms with Crippen LogP contribution < -0.4 is 0 Å². The maximum atomic E-state index is 12.7. The second-order valence-electron chi connectivity index (χ2n) is 7.53. The first-order chi connectivity index (χ1) is 12.8. The number of amides is 1. The van der Waals surface area contributed by atoms with E-state index in [0.717, 1.165) is 22.1 Å². The van der Waals surface area contributed by atoms with E-state index in [1.807, 2.05) is 63.2 Å². The highest BCUT2D eigenvalue weighted by Crippen LogP contribution is 2.39. The van der Waals surface area contributed by atoms with E-state index in [0.29, 0.717) is 6.54 Å². The van der Waals surface area contributed by atoms with Crippen LogP contribution in [0.3, 0.4) is 0 Å². The van der Waals surface area contributed by atoms with E-state index in [1.165, 1.54) is 6.92 Å². The number of carbonyl (C=O) groups excluding carboxylic acids is 2. The first kappa shape index (κ1) is 19.5. The Morgan fingerprint density at radius 3 is 2.56 bits per heavy atom. The largest absolute Gasteiger partial charge is 0.454 e. The molecule has 0 unspecified atom stereocenters. The fourth-order valence-corrected chi connectivity index (χ4v) is 4.50. The standard InChI is InChI=1S/C21H25NO4S/c1-14(23)25-18(17-11-7-9-15-8-5-6-10-16(15)17)19-22(12-13-27-19)20(24)26-21(2,3)4/h5-11,18-19H,12-13H2,1-4H3/t18-,19-/m1/s1. The molecular weight excluding hydrogens is 362 g/mol. The van der Waals surface area contributed by atoms with Crippen molar-refractivity contribution in [2.24, 2.45) is 0 Å². The summed E-state index contributed by atoms with van der Waals surface area (Å²) >= 11 is 1.61. The molecule has 1 aliphatic heterocycles. The predicted octanol–water partition coefficient (Wildman–Crippen LogP) is 4.75. The summed E-state index contributed by atoms with van der Waals surface area (Å²) in [5, 5.41) is 1.76. The second kappa shape index (κ2) is 7.80. The smallest absolute Gasteiger partial charge is 0.411 e. The zero-order valence-electron chi connectivity index (χ0n) is 16.1. The van der Waals surface area contributed by atoms with Gasteiger partial charge in [0.1, 0.15) is 11.0 Å². The highest BCUT2D eigenvalue weighted by atomic mass is 32.2. The van der Waals surface area contributed by atoms with E-state index in [9.17, 15) is 9.59 Å². The van der Waals surface area contributed by atoms with Crippen LogP contribution in [0.4, 0.5) is 4.79 Å². The van der Waals surface area contributed by atoms with E-state index >= 15 is 0 Å². The molecule has 0 N–H and O–H groups in total. The summed E-state index contributed by atoms with van der Waals surface area (Å²) in [5.74, 6) is 0.400. The molecule has 6 heteroatoms. The highest BCUT2D eigenvalue weighted by molar-refractivity contribution is 8.00. The molecule has 144 valence electrons. The number of hydrogen-bond donors (Lipinski definition) is 0. The minimum Gasteiger partial charge on any atom is -0.454 e. The van der Waals surface area contributed by atoms with Crippen LogP contribution >= 0.6 is 11.8 Å². The molecule has 2 aromatic carbocycles. The van der Waals surface area contributed by atoms with Gasteiger partial charge in [-0.05, 0) is 31.5 Å². The van der Waals surface area contributed by atoms with Gasteiger partial charge in [-0.2, -0.15) is 0 Å². The van der Waals surface area contributed by atoms with E-state index in [1.54, 1.807) is 16.7 Å². The van der Waals surface area contributed by atoms with Crippen molar-refractivity contribution < 1.29 is 19.1 Å². The molecule has 1 saturated heterocycles. The third-order valence-corrected chi connectivity index (χ3v) is 5.50. The molecule has 0 aliphatic carbocycles. The van der Waals surface area contributed by atoms with Gasteiger partial charge in [0.15, 0.2) is 6.10 Å². The molecule has 0 saturated carbocycles. The van der Waals surface area contributed by atoms with Crippen molar-refractivity contribution in [3.05, 3.63) is 48.0 Å². The molecular formula is C21H25NO4S. The molecule has 0 bridgehead atoms. The van der Waals surface area contributed by atoms with Gasteiger partial charge in [0.25, 0.3) is 0 Å². The van der Waals surface area contributed by atoms with Gasteiger partial charge in [0, 0.05) is 24.8 Å². The second-order valence-corrected chi connectivity index (χ2v) is 8.76. The third-order valence-electron chi connectivity index (χ3n) is 4.24. The zero-order valence-corrected chi connectivity index (χ0v) is 16.9. The van der Waals surface area contributed by atoms with Gasteiger partial charge in [0.05, 0.1) is 0 Å². The van der Waals surface area contributed by atoms with E-state index in [4.69, 9.17) is 9.47 Å². The summed E-state index contributed by atoms with van der Waals surface area (Å²) in [7, 11) is 0. The summed E-state index contributed by atoms with van der Waals surface area (Å²) in [5.41, 5.74) is 0.321. The molecule has 0 spiro atoms. The first-order valence-corrected chi connectivity index (χ1v) is 10.1. The van der Waals surface area contributed by atoms with Crippen LogP contribution in [0.15, 0.2) is 42.5 Å². The molecule has 1 fully saturated rings. The number of ether oxygens (including phenoxy) is 2. The Labute approximate surface area is 164 Å². The number of benzene rings is 2. The predicted molar refractivity (Wildman–Crippen MR) is 108 cm³/mol. The van der Waals surface area contributed by atoms with E-state index in [-0.39, 0.29) is 17.4 Å². The third kappa shape index (κ3) is 4.56. The minimum absolute atomic E-state index is 0.324. The lowest BCUT2D eigenvalue weighted by atomic mass is 9.99. The van der Waals surface area contributed by atoms with Crippen LogP contribution in [-0.4, -0.2) is 40.2 Å². The molecule has 2 atom stereocenters. The van der Waals surface area contributed by atoms with Gasteiger partial charge >= 0.3 is 12.1 Å². The summed E-state index contributed by atoms with van der Waals surface area (Å²) in [4.78, 5) is 26.2. The topological polar surface area (TPSA) is 55.8 Å². The number of nitrogens with zero attached hydrogens (tertiary/aromatic N) is 1. The van der Waals surface area contributed by atoms with Gasteiger partial charge < -0.3 is 9.47 Å². The number of rotatable bonds is 3. The Balaban J connectivity index is 1.99. The van der Waals surface area contributed by atoms with Gasteiger partial charge in [-0.25, -0.2) is 4.79 Å². The molecule has 1 heterocycles. The summed E-state index contributed by atoms with van der Waals surface area (Å²) in [6.07, 6.45) is -0.941. The van der Waals surface area contributed by atoms with Crippen LogP contribution in [-0.2, 0) is 14.3 Å². The lowest BCUT2D eigenvalue weighted by molar-refractivity contribution is -0.148. The zero-order chi connectivity index (χ0) is 19.6. The van der Waals surface area contributed by atoms with Crippen molar-refractivity contribution in [3.63, 3.8) is 0 Å². The SMILES string of the molecule is CC(=O)O[C@H](c1cccc2ccccc12)[C@H]1SCCN1C(=O)OC(C)(C)C. The van der Waals surface area contributed by atoms with E-state index in [2.05, 4.69) is 0 Å². The maximum absolute atomic E-state index is 12.7. The summed E-state index contributed by atoms with van der Waals surface area (Å²) in [6.45, 7) is 7.49. The quantitative estimate of drug-likeness (QED) is 0.711. The molecule has 2 aromatic rings. The van der Waals surface area contributed by atoms with Crippen LogP contribution in [0.25, 0.3) is 10.8 Å². The Bertz CT molecular complexity index is 840. The summed E-state index contributed by atoms with van der Waals surface area (Å²) in [6, 6.07) is 13.9. The lowest BCUT2D eigenvalue weighted by Crippen LogP contribution is -2.42. The number of hydrogen-bond acceptors (Lipinski definition) is 5. The Kier molecular flexibility index (Phi) is 5.65. The Morgan fingerprint density at radius 1 is 1.15 bits per heavy atom. The summed E-state index contributed by atoms with van der Waals surface area (Å²) < 4.78 is 11.3. The number of fused-ring (bicyclic) bond motifs is 1. The van der Waals surface area contributed by atoms with Crippen LogP contribution in [0.1, 0.15) is 39.4 Å². The van der Waals surface area contributed by atoms with Gasteiger partial charge in [-0.1, -0.05) is 42.5 Å². The molecule has 0 radical (unpaired) electrons. The number of thioether (sulfide) groups is 1. The van der Waals surface area contributed by atoms with Crippen molar-refractivity contribution in [2.45, 2.75) is 44.8 Å².